The molecule has 6 heteroatoms. The first-order chi connectivity index (χ1) is 11.7. The second-order valence-corrected chi connectivity index (χ2v) is 6.24. The van der Waals surface area contributed by atoms with E-state index in [1.165, 1.54) is 5.56 Å². The maximum atomic E-state index is 12.8. The highest BCUT2D eigenvalue weighted by molar-refractivity contribution is 6.30. The van der Waals surface area contributed by atoms with Crippen LogP contribution >= 0.6 is 11.6 Å². The van der Waals surface area contributed by atoms with Gasteiger partial charge in [0.25, 0.3) is 5.91 Å². The van der Waals surface area contributed by atoms with Crippen LogP contribution in [0.15, 0.2) is 55.1 Å². The second kappa shape index (κ2) is 6.09. The molecule has 0 saturated carbocycles. The minimum Gasteiger partial charge on any atom is -0.334 e. The number of nitrogens with zero attached hydrogens (tertiary/aromatic N) is 4. The smallest absolute Gasteiger partial charge is 0.254 e. The van der Waals surface area contributed by atoms with Crippen LogP contribution in [0.5, 0.6) is 0 Å². The zero-order valence-corrected chi connectivity index (χ0v) is 13.6. The summed E-state index contributed by atoms with van der Waals surface area (Å²) in [4.78, 5) is 14.6. The van der Waals surface area contributed by atoms with Crippen molar-refractivity contribution in [3.63, 3.8) is 0 Å². The maximum Gasteiger partial charge on any atom is 0.254 e. The Morgan fingerprint density at radius 3 is 2.50 bits per heavy atom. The van der Waals surface area contributed by atoms with Gasteiger partial charge in [-0.25, -0.2) is 0 Å². The van der Waals surface area contributed by atoms with Crippen LogP contribution in [0.2, 0.25) is 5.02 Å². The van der Waals surface area contributed by atoms with Crippen molar-refractivity contribution in [2.24, 2.45) is 0 Å². The molecule has 2 heterocycles. The molecule has 0 radical (unpaired) electrons. The van der Waals surface area contributed by atoms with Gasteiger partial charge in [-0.15, -0.1) is 10.2 Å². The van der Waals surface area contributed by atoms with Gasteiger partial charge in [0.2, 0.25) is 0 Å². The van der Waals surface area contributed by atoms with Crippen LogP contribution < -0.4 is 0 Å². The van der Waals surface area contributed by atoms with E-state index in [0.29, 0.717) is 17.1 Å². The average Bonchev–Trinajstić information content (AvgIpc) is 3.15. The third kappa shape index (κ3) is 2.78. The SMILES string of the molecule is O=C(c1ccc(-n2cnnc2)cc1)N1CCc2ccc(Cl)cc2C1. The van der Waals surface area contributed by atoms with Crippen molar-refractivity contribution in [3.05, 3.63) is 76.8 Å². The molecule has 0 fully saturated rings. The lowest BCUT2D eigenvalue weighted by Crippen LogP contribution is -2.35. The minimum atomic E-state index is 0.0379. The molecule has 0 unspecified atom stereocenters. The zero-order chi connectivity index (χ0) is 16.5. The van der Waals surface area contributed by atoms with E-state index in [1.807, 2.05) is 47.4 Å². The molecule has 1 aromatic heterocycles. The van der Waals surface area contributed by atoms with Gasteiger partial charge in [-0.05, 0) is 53.9 Å². The third-order valence-electron chi connectivity index (χ3n) is 4.30. The highest BCUT2D eigenvalue weighted by Gasteiger charge is 2.21. The monoisotopic (exact) mass is 338 g/mol. The molecule has 24 heavy (non-hydrogen) atoms. The Morgan fingerprint density at radius 1 is 1.00 bits per heavy atom. The van der Waals surface area contributed by atoms with Gasteiger partial charge in [0.05, 0.1) is 0 Å². The standard InChI is InChI=1S/C18H15ClN4O/c19-16-4-1-13-7-8-22(10-15(13)9-16)18(24)14-2-5-17(6-3-14)23-11-20-21-12-23/h1-6,9,11-12H,7-8,10H2. The molecular weight excluding hydrogens is 324 g/mol. The fraction of sp³-hybridized carbons (Fsp3) is 0.167. The summed E-state index contributed by atoms with van der Waals surface area (Å²) in [6.07, 6.45) is 4.11. The van der Waals surface area contributed by atoms with Crippen molar-refractivity contribution in [2.45, 2.75) is 13.0 Å². The minimum absolute atomic E-state index is 0.0379. The molecule has 120 valence electrons. The molecular formula is C18H15ClN4O. The molecule has 0 aliphatic carbocycles. The van der Waals surface area contributed by atoms with Crippen LogP contribution in [0.4, 0.5) is 0 Å². The second-order valence-electron chi connectivity index (χ2n) is 5.81. The normalized spacial score (nSPS) is 13.6. The number of fused-ring (bicyclic) bond motifs is 1. The molecule has 1 amide bonds. The van der Waals surface area contributed by atoms with Gasteiger partial charge in [0, 0.05) is 29.4 Å². The van der Waals surface area contributed by atoms with Gasteiger partial charge in [0.15, 0.2) is 0 Å². The van der Waals surface area contributed by atoms with E-state index in [2.05, 4.69) is 10.2 Å². The third-order valence-corrected chi connectivity index (χ3v) is 4.53. The first-order valence-electron chi connectivity index (χ1n) is 7.72. The number of aromatic nitrogens is 3. The Balaban J connectivity index is 1.54. The number of carbonyl (C=O) groups excluding carboxylic acids is 1. The number of carbonyl (C=O) groups is 1. The Kier molecular flexibility index (Phi) is 3.78. The highest BCUT2D eigenvalue weighted by Crippen LogP contribution is 2.24. The topological polar surface area (TPSA) is 51.0 Å². The van der Waals surface area contributed by atoms with Crippen LogP contribution in [0.25, 0.3) is 5.69 Å². The Bertz CT molecular complexity index is 875. The molecule has 2 aromatic carbocycles. The summed E-state index contributed by atoms with van der Waals surface area (Å²) >= 11 is 6.07. The largest absolute Gasteiger partial charge is 0.334 e. The van der Waals surface area contributed by atoms with Crippen molar-refractivity contribution >= 4 is 17.5 Å². The first-order valence-corrected chi connectivity index (χ1v) is 8.10. The van der Waals surface area contributed by atoms with E-state index in [9.17, 15) is 4.79 Å². The van der Waals surface area contributed by atoms with Gasteiger partial charge in [-0.2, -0.15) is 0 Å². The molecule has 5 nitrogen and oxygen atoms in total. The lowest BCUT2D eigenvalue weighted by molar-refractivity contribution is 0.0734. The fourth-order valence-electron chi connectivity index (χ4n) is 2.99. The molecule has 1 aliphatic rings. The number of hydrogen-bond acceptors (Lipinski definition) is 3. The molecule has 1 aliphatic heterocycles. The number of amides is 1. The molecule has 3 aromatic rings. The van der Waals surface area contributed by atoms with E-state index in [4.69, 9.17) is 11.6 Å². The lowest BCUT2D eigenvalue weighted by atomic mass is 9.99. The summed E-state index contributed by atoms with van der Waals surface area (Å²) in [6.45, 7) is 1.32. The summed E-state index contributed by atoms with van der Waals surface area (Å²) in [5.41, 5.74) is 4.00. The van der Waals surface area contributed by atoms with Crippen LogP contribution in [-0.2, 0) is 13.0 Å². The van der Waals surface area contributed by atoms with Crippen molar-refractivity contribution in [1.82, 2.24) is 19.7 Å². The van der Waals surface area contributed by atoms with Gasteiger partial charge in [0.1, 0.15) is 12.7 Å². The van der Waals surface area contributed by atoms with E-state index in [1.54, 1.807) is 17.2 Å². The molecule has 0 spiro atoms. The average molecular weight is 339 g/mol. The quantitative estimate of drug-likeness (QED) is 0.721. The molecule has 0 bridgehead atoms. The lowest BCUT2D eigenvalue weighted by Gasteiger charge is -2.29. The van der Waals surface area contributed by atoms with Gasteiger partial charge < -0.3 is 4.90 Å². The Labute approximate surface area is 144 Å². The van der Waals surface area contributed by atoms with Crippen LogP contribution in [-0.4, -0.2) is 32.1 Å². The molecule has 4 rings (SSSR count). The van der Waals surface area contributed by atoms with Crippen molar-refractivity contribution < 1.29 is 4.79 Å². The molecule has 0 atom stereocenters. The van der Waals surface area contributed by atoms with Gasteiger partial charge >= 0.3 is 0 Å². The Hall–Kier alpha value is -2.66. The van der Waals surface area contributed by atoms with E-state index in [-0.39, 0.29) is 5.91 Å². The number of rotatable bonds is 2. The zero-order valence-electron chi connectivity index (χ0n) is 12.9. The molecule has 0 N–H and O–H groups in total. The summed E-state index contributed by atoms with van der Waals surface area (Å²) in [5.74, 6) is 0.0379. The predicted molar refractivity (Wildman–Crippen MR) is 91.3 cm³/mol. The maximum absolute atomic E-state index is 12.8. The summed E-state index contributed by atoms with van der Waals surface area (Å²) in [6, 6.07) is 13.4. The number of benzene rings is 2. The van der Waals surface area contributed by atoms with E-state index >= 15 is 0 Å². The first kappa shape index (κ1) is 14.9. The summed E-state index contributed by atoms with van der Waals surface area (Å²) < 4.78 is 1.80. The van der Waals surface area contributed by atoms with Crippen molar-refractivity contribution in [3.8, 4) is 5.69 Å². The van der Waals surface area contributed by atoms with Gasteiger partial charge in [-0.3, -0.25) is 9.36 Å². The van der Waals surface area contributed by atoms with Gasteiger partial charge in [-0.1, -0.05) is 17.7 Å². The summed E-state index contributed by atoms with van der Waals surface area (Å²) in [7, 11) is 0. The fourth-order valence-corrected chi connectivity index (χ4v) is 3.19. The highest BCUT2D eigenvalue weighted by atomic mass is 35.5. The summed E-state index contributed by atoms with van der Waals surface area (Å²) in [5, 5.41) is 8.28. The van der Waals surface area contributed by atoms with E-state index < -0.39 is 0 Å². The number of hydrogen-bond donors (Lipinski definition) is 0. The van der Waals surface area contributed by atoms with Crippen LogP contribution in [0.3, 0.4) is 0 Å². The van der Waals surface area contributed by atoms with Crippen LogP contribution in [0, 0.1) is 0 Å². The van der Waals surface area contributed by atoms with Crippen molar-refractivity contribution in [1.29, 1.82) is 0 Å². The Morgan fingerprint density at radius 2 is 1.75 bits per heavy atom. The predicted octanol–water partition coefficient (Wildman–Crippen LogP) is 3.12. The molecule has 0 saturated heterocycles. The number of halogens is 1. The van der Waals surface area contributed by atoms with E-state index in [0.717, 1.165) is 24.2 Å². The van der Waals surface area contributed by atoms with Crippen molar-refractivity contribution in [2.75, 3.05) is 6.54 Å². The van der Waals surface area contributed by atoms with Crippen LogP contribution in [0.1, 0.15) is 21.5 Å².